The van der Waals surface area contributed by atoms with Crippen molar-refractivity contribution in [2.75, 3.05) is 19.0 Å². The van der Waals surface area contributed by atoms with E-state index in [-0.39, 0.29) is 17.9 Å². The van der Waals surface area contributed by atoms with Gasteiger partial charge in [-0.15, -0.1) is 0 Å². The average molecular weight is 438 g/mol. The molecule has 2 aromatic carbocycles. The average Bonchev–Trinajstić information content (AvgIpc) is 3.16. The number of imidazole rings is 1. The molecule has 1 aliphatic rings. The molecule has 6 nitrogen and oxygen atoms in total. The number of nitrogens with one attached hydrogen (secondary N) is 1. The first-order valence-corrected chi connectivity index (χ1v) is 11.4. The lowest BCUT2D eigenvalue weighted by Crippen LogP contribution is -2.33. The molecule has 3 aromatic rings. The van der Waals surface area contributed by atoms with Crippen molar-refractivity contribution in [2.45, 2.75) is 25.0 Å². The SMILES string of the molecule is CC(C)C(NC(=O)CSc1ncc(-c2ccccc2)n1C)c1ccc2c(c1)OCCO2. The molecule has 0 spiro atoms. The molecule has 0 fully saturated rings. The standard InChI is InChI=1S/C24H27N3O3S/c1-16(2)23(18-9-10-20-21(13-18)30-12-11-29-20)26-22(28)15-31-24-25-14-19(27(24)3)17-7-5-4-6-8-17/h4-10,13-14,16,23H,11-12,15H2,1-3H3,(H,26,28). The lowest BCUT2D eigenvalue weighted by molar-refractivity contribution is -0.119. The molecule has 1 amide bonds. The minimum absolute atomic E-state index is 0.0251. The monoisotopic (exact) mass is 437 g/mol. The van der Waals surface area contributed by atoms with Crippen LogP contribution in [0.15, 0.2) is 59.9 Å². The minimum atomic E-state index is -0.106. The van der Waals surface area contributed by atoms with Crippen molar-refractivity contribution in [3.05, 3.63) is 60.3 Å². The number of nitrogens with zero attached hydrogens (tertiary/aromatic N) is 2. The zero-order valence-corrected chi connectivity index (χ0v) is 18.8. The number of hydrogen-bond acceptors (Lipinski definition) is 5. The summed E-state index contributed by atoms with van der Waals surface area (Å²) >= 11 is 1.44. The fraction of sp³-hybridized carbons (Fsp3) is 0.333. The van der Waals surface area contributed by atoms with Crippen molar-refractivity contribution in [3.63, 3.8) is 0 Å². The van der Waals surface area contributed by atoms with Crippen LogP contribution in [0.4, 0.5) is 0 Å². The van der Waals surface area contributed by atoms with Crippen LogP contribution in [-0.4, -0.2) is 34.4 Å². The summed E-state index contributed by atoms with van der Waals surface area (Å²) in [7, 11) is 1.97. The summed E-state index contributed by atoms with van der Waals surface area (Å²) in [6.07, 6.45) is 1.85. The number of carbonyl (C=O) groups is 1. The van der Waals surface area contributed by atoms with Gasteiger partial charge in [0.15, 0.2) is 16.7 Å². The number of thioether (sulfide) groups is 1. The van der Waals surface area contributed by atoms with Crippen molar-refractivity contribution in [3.8, 4) is 22.8 Å². The highest BCUT2D eigenvalue weighted by atomic mass is 32.2. The van der Waals surface area contributed by atoms with Gasteiger partial charge in [0.2, 0.25) is 5.91 Å². The predicted octanol–water partition coefficient (Wildman–Crippen LogP) is 4.46. The normalized spacial score (nSPS) is 13.8. The van der Waals surface area contributed by atoms with E-state index in [4.69, 9.17) is 9.47 Å². The van der Waals surface area contributed by atoms with Gasteiger partial charge in [-0.05, 0) is 29.2 Å². The molecule has 0 radical (unpaired) electrons. The number of aromatic nitrogens is 2. The van der Waals surface area contributed by atoms with Gasteiger partial charge in [-0.1, -0.05) is 62.0 Å². The Hall–Kier alpha value is -2.93. The predicted molar refractivity (Wildman–Crippen MR) is 123 cm³/mol. The summed E-state index contributed by atoms with van der Waals surface area (Å²) in [6, 6.07) is 15.9. The molecule has 0 aliphatic carbocycles. The van der Waals surface area contributed by atoms with E-state index in [2.05, 4.69) is 36.3 Å². The van der Waals surface area contributed by atoms with E-state index in [1.165, 1.54) is 11.8 Å². The zero-order chi connectivity index (χ0) is 21.8. The highest BCUT2D eigenvalue weighted by Crippen LogP contribution is 2.34. The highest BCUT2D eigenvalue weighted by Gasteiger charge is 2.22. The topological polar surface area (TPSA) is 65.4 Å². The van der Waals surface area contributed by atoms with Gasteiger partial charge in [0.25, 0.3) is 0 Å². The van der Waals surface area contributed by atoms with Gasteiger partial charge >= 0.3 is 0 Å². The number of benzene rings is 2. The second-order valence-electron chi connectivity index (χ2n) is 7.83. The molecule has 0 saturated carbocycles. The summed E-state index contributed by atoms with van der Waals surface area (Å²) < 4.78 is 13.3. The second kappa shape index (κ2) is 9.47. The Balaban J connectivity index is 1.41. The largest absolute Gasteiger partial charge is 0.486 e. The van der Waals surface area contributed by atoms with Crippen LogP contribution in [0.5, 0.6) is 11.5 Å². The van der Waals surface area contributed by atoms with Crippen LogP contribution in [0.2, 0.25) is 0 Å². The van der Waals surface area contributed by atoms with Crippen LogP contribution in [0.1, 0.15) is 25.5 Å². The lowest BCUT2D eigenvalue weighted by Gasteiger charge is -2.25. The van der Waals surface area contributed by atoms with E-state index in [1.807, 2.05) is 54.2 Å². The number of amides is 1. The smallest absolute Gasteiger partial charge is 0.230 e. The maximum absolute atomic E-state index is 12.8. The van der Waals surface area contributed by atoms with Crippen molar-refractivity contribution in [2.24, 2.45) is 13.0 Å². The van der Waals surface area contributed by atoms with Gasteiger partial charge < -0.3 is 19.4 Å². The van der Waals surface area contributed by atoms with Gasteiger partial charge in [-0.25, -0.2) is 4.98 Å². The van der Waals surface area contributed by atoms with E-state index >= 15 is 0 Å². The summed E-state index contributed by atoms with van der Waals surface area (Å²) in [5, 5.41) is 3.99. The van der Waals surface area contributed by atoms with Crippen LogP contribution in [0.25, 0.3) is 11.3 Å². The molecule has 7 heteroatoms. The van der Waals surface area contributed by atoms with Crippen molar-refractivity contribution >= 4 is 17.7 Å². The summed E-state index contributed by atoms with van der Waals surface area (Å²) in [5.74, 6) is 1.99. The molecular weight excluding hydrogens is 410 g/mol. The van der Waals surface area contributed by atoms with Gasteiger partial charge in [-0.2, -0.15) is 0 Å². The first-order chi connectivity index (χ1) is 15.0. The Labute approximate surface area is 187 Å². The van der Waals surface area contributed by atoms with Crippen molar-refractivity contribution in [1.29, 1.82) is 0 Å². The van der Waals surface area contributed by atoms with E-state index in [0.29, 0.717) is 19.0 Å². The van der Waals surface area contributed by atoms with E-state index in [0.717, 1.165) is 33.5 Å². The lowest BCUT2D eigenvalue weighted by atomic mass is 9.95. The van der Waals surface area contributed by atoms with Crippen LogP contribution in [0.3, 0.4) is 0 Å². The van der Waals surface area contributed by atoms with E-state index in [1.54, 1.807) is 0 Å². The number of carbonyl (C=O) groups excluding carboxylic acids is 1. The fourth-order valence-corrected chi connectivity index (χ4v) is 4.40. The molecular formula is C24H27N3O3S. The maximum atomic E-state index is 12.8. The molecule has 162 valence electrons. The van der Waals surface area contributed by atoms with Crippen LogP contribution in [0, 0.1) is 5.92 Å². The molecule has 2 heterocycles. The van der Waals surface area contributed by atoms with Gasteiger partial charge in [0, 0.05) is 7.05 Å². The van der Waals surface area contributed by atoms with Gasteiger partial charge in [0.05, 0.1) is 23.7 Å². The van der Waals surface area contributed by atoms with E-state index in [9.17, 15) is 4.79 Å². The van der Waals surface area contributed by atoms with Crippen molar-refractivity contribution in [1.82, 2.24) is 14.9 Å². The third kappa shape index (κ3) is 4.88. The minimum Gasteiger partial charge on any atom is -0.486 e. The third-order valence-corrected chi connectivity index (χ3v) is 6.30. The quantitative estimate of drug-likeness (QED) is 0.553. The first kappa shape index (κ1) is 21.3. The van der Waals surface area contributed by atoms with Crippen LogP contribution in [-0.2, 0) is 11.8 Å². The summed E-state index contributed by atoms with van der Waals surface area (Å²) in [6.45, 7) is 5.30. The zero-order valence-electron chi connectivity index (χ0n) is 18.0. The van der Waals surface area contributed by atoms with Gasteiger partial charge in [0.1, 0.15) is 13.2 Å². The summed E-state index contributed by atoms with van der Waals surface area (Å²) in [5.41, 5.74) is 3.15. The summed E-state index contributed by atoms with van der Waals surface area (Å²) in [4.78, 5) is 17.3. The Morgan fingerprint density at radius 3 is 2.61 bits per heavy atom. The molecule has 0 saturated heterocycles. The highest BCUT2D eigenvalue weighted by molar-refractivity contribution is 7.99. The van der Waals surface area contributed by atoms with Crippen LogP contribution < -0.4 is 14.8 Å². The molecule has 0 bridgehead atoms. The van der Waals surface area contributed by atoms with Crippen molar-refractivity contribution < 1.29 is 14.3 Å². The molecule has 1 aromatic heterocycles. The molecule has 31 heavy (non-hydrogen) atoms. The molecule has 1 atom stereocenters. The Bertz CT molecular complexity index is 1050. The maximum Gasteiger partial charge on any atom is 0.230 e. The molecule has 1 unspecified atom stereocenters. The van der Waals surface area contributed by atoms with Gasteiger partial charge in [-0.3, -0.25) is 4.79 Å². The number of rotatable bonds is 7. The van der Waals surface area contributed by atoms with Crippen LogP contribution >= 0.6 is 11.8 Å². The van der Waals surface area contributed by atoms with E-state index < -0.39 is 0 Å². The Kier molecular flexibility index (Phi) is 6.51. The Morgan fingerprint density at radius 2 is 1.87 bits per heavy atom. The molecule has 1 aliphatic heterocycles. The second-order valence-corrected chi connectivity index (χ2v) is 8.77. The molecule has 4 rings (SSSR count). The number of ether oxygens (including phenoxy) is 2. The molecule has 1 N–H and O–H groups in total. The fourth-order valence-electron chi connectivity index (χ4n) is 3.64. The first-order valence-electron chi connectivity index (χ1n) is 10.4. The number of fused-ring (bicyclic) bond motifs is 1. The number of hydrogen-bond donors (Lipinski definition) is 1. The Morgan fingerprint density at radius 1 is 1.13 bits per heavy atom. The third-order valence-electron chi connectivity index (χ3n) is 5.26.